The van der Waals surface area contributed by atoms with Gasteiger partial charge in [0.1, 0.15) is 23.3 Å². The highest BCUT2D eigenvalue weighted by atomic mass is 16.5. The summed E-state index contributed by atoms with van der Waals surface area (Å²) in [5.74, 6) is 1.46. The Kier molecular flexibility index (Phi) is 5.03. The lowest BCUT2D eigenvalue weighted by Crippen LogP contribution is -2.10. The molecule has 4 nitrogen and oxygen atoms in total. The third-order valence-corrected chi connectivity index (χ3v) is 4.14. The van der Waals surface area contributed by atoms with Crippen molar-refractivity contribution in [2.75, 3.05) is 6.61 Å². The average Bonchev–Trinajstić information content (AvgIpc) is 2.62. The van der Waals surface area contributed by atoms with Gasteiger partial charge < -0.3 is 13.9 Å². The quantitative estimate of drug-likeness (QED) is 0.593. The molecule has 1 heterocycles. The van der Waals surface area contributed by atoms with Crippen LogP contribution in [0.3, 0.4) is 0 Å². The number of ether oxygens (including phenoxy) is 2. The molecule has 0 spiro atoms. The fourth-order valence-electron chi connectivity index (χ4n) is 2.62. The van der Waals surface area contributed by atoms with Crippen LogP contribution in [0.4, 0.5) is 0 Å². The Morgan fingerprint density at radius 2 is 1.69 bits per heavy atom. The Bertz CT molecular complexity index is 947. The molecule has 4 heteroatoms. The van der Waals surface area contributed by atoms with Gasteiger partial charge in [-0.25, -0.2) is 0 Å². The van der Waals surface area contributed by atoms with Gasteiger partial charge in [-0.1, -0.05) is 39.8 Å². The highest BCUT2D eigenvalue weighted by molar-refractivity contribution is 5.79. The maximum atomic E-state index is 12.7. The third-order valence-electron chi connectivity index (χ3n) is 4.14. The van der Waals surface area contributed by atoms with Gasteiger partial charge in [-0.2, -0.15) is 0 Å². The lowest BCUT2D eigenvalue weighted by Gasteiger charge is -2.19. The van der Waals surface area contributed by atoms with Gasteiger partial charge >= 0.3 is 0 Å². The first-order chi connectivity index (χ1) is 12.4. The molecule has 136 valence electrons. The Hall–Kier alpha value is -2.75. The molecule has 0 unspecified atom stereocenters. The van der Waals surface area contributed by atoms with Gasteiger partial charge in [0.05, 0.1) is 12.0 Å². The van der Waals surface area contributed by atoms with Crippen LogP contribution in [-0.4, -0.2) is 6.61 Å². The molecule has 0 amide bonds. The molecular weight excluding hydrogens is 328 g/mol. The summed E-state index contributed by atoms with van der Waals surface area (Å²) in [4.78, 5) is 12.7. The molecule has 26 heavy (non-hydrogen) atoms. The van der Waals surface area contributed by atoms with Crippen molar-refractivity contribution in [2.45, 2.75) is 39.5 Å². The molecule has 0 radical (unpaired) electrons. The average molecular weight is 352 g/mol. The summed E-state index contributed by atoms with van der Waals surface area (Å²) in [6, 6.07) is 13.0. The van der Waals surface area contributed by atoms with Gasteiger partial charge in [-0.3, -0.25) is 4.79 Å². The predicted molar refractivity (Wildman–Crippen MR) is 103 cm³/mol. The number of hydrogen-bond donors (Lipinski definition) is 0. The first kappa shape index (κ1) is 18.1. The largest absolute Gasteiger partial charge is 0.493 e. The van der Waals surface area contributed by atoms with E-state index in [1.54, 1.807) is 18.2 Å². The summed E-state index contributed by atoms with van der Waals surface area (Å²) in [5.41, 5.74) is 1.56. The van der Waals surface area contributed by atoms with Gasteiger partial charge in [0.25, 0.3) is 0 Å². The van der Waals surface area contributed by atoms with Crippen molar-refractivity contribution in [1.29, 1.82) is 0 Å². The number of hydrogen-bond acceptors (Lipinski definition) is 4. The van der Waals surface area contributed by atoms with Crippen molar-refractivity contribution in [3.63, 3.8) is 0 Å². The van der Waals surface area contributed by atoms with E-state index in [9.17, 15) is 4.79 Å². The number of benzene rings is 2. The number of rotatable bonds is 5. The van der Waals surface area contributed by atoms with Crippen molar-refractivity contribution in [3.8, 4) is 17.2 Å². The Balaban J connectivity index is 1.86. The molecule has 0 bridgehead atoms. The molecule has 0 fully saturated rings. The second-order valence-electron chi connectivity index (χ2n) is 7.31. The zero-order chi connectivity index (χ0) is 18.7. The normalized spacial score (nSPS) is 11.5. The first-order valence-electron chi connectivity index (χ1n) is 8.85. The van der Waals surface area contributed by atoms with Crippen molar-refractivity contribution in [1.82, 2.24) is 0 Å². The van der Waals surface area contributed by atoms with Gasteiger partial charge in [0, 0.05) is 6.07 Å². The molecule has 0 N–H and O–H groups in total. The lowest BCUT2D eigenvalue weighted by molar-refractivity contribution is 0.317. The maximum Gasteiger partial charge on any atom is 0.235 e. The summed E-state index contributed by atoms with van der Waals surface area (Å²) >= 11 is 0. The highest BCUT2D eigenvalue weighted by Gasteiger charge is 2.14. The van der Waals surface area contributed by atoms with E-state index >= 15 is 0 Å². The lowest BCUT2D eigenvalue weighted by atomic mass is 9.87. The van der Waals surface area contributed by atoms with E-state index in [2.05, 4.69) is 20.8 Å². The van der Waals surface area contributed by atoms with Crippen LogP contribution < -0.4 is 14.9 Å². The van der Waals surface area contributed by atoms with Crippen LogP contribution in [0.1, 0.15) is 39.7 Å². The number of fused-ring (bicyclic) bond motifs is 1. The van der Waals surface area contributed by atoms with Crippen molar-refractivity contribution >= 4 is 11.0 Å². The van der Waals surface area contributed by atoms with E-state index in [0.717, 1.165) is 6.42 Å². The monoisotopic (exact) mass is 352 g/mol. The Morgan fingerprint density at radius 3 is 2.35 bits per heavy atom. The van der Waals surface area contributed by atoms with Crippen molar-refractivity contribution in [3.05, 3.63) is 64.5 Å². The zero-order valence-corrected chi connectivity index (χ0v) is 15.7. The summed E-state index contributed by atoms with van der Waals surface area (Å²) in [6.07, 6.45) is 2.27. The van der Waals surface area contributed by atoms with E-state index < -0.39 is 0 Å². The van der Waals surface area contributed by atoms with Crippen LogP contribution in [-0.2, 0) is 5.41 Å². The predicted octanol–water partition coefficient (Wildman–Crippen LogP) is 5.67. The minimum Gasteiger partial charge on any atom is -0.493 e. The first-order valence-corrected chi connectivity index (χ1v) is 8.85. The summed E-state index contributed by atoms with van der Waals surface area (Å²) in [7, 11) is 0. The molecule has 3 rings (SSSR count). The van der Waals surface area contributed by atoms with E-state index in [1.807, 2.05) is 31.2 Å². The van der Waals surface area contributed by atoms with Crippen LogP contribution in [0.2, 0.25) is 0 Å². The van der Waals surface area contributed by atoms with Gasteiger partial charge in [-0.15, -0.1) is 0 Å². The standard InChI is InChI=1S/C22H24O4/c1-5-12-24-17-10-11-18-19(13-17)25-14-20(21(18)23)26-16-8-6-15(7-9-16)22(2,3)4/h6-11,13-14H,5,12H2,1-4H3. The molecule has 3 aromatic rings. The van der Waals surface area contributed by atoms with Gasteiger partial charge in [0.15, 0.2) is 0 Å². The molecule has 1 aromatic heterocycles. The third kappa shape index (κ3) is 3.90. The smallest absolute Gasteiger partial charge is 0.235 e. The van der Waals surface area contributed by atoms with Gasteiger partial charge in [-0.05, 0) is 41.7 Å². The fourth-order valence-corrected chi connectivity index (χ4v) is 2.62. The minimum atomic E-state index is -0.201. The maximum absolute atomic E-state index is 12.7. The molecular formula is C22H24O4. The van der Waals surface area contributed by atoms with Gasteiger partial charge in [0.2, 0.25) is 11.2 Å². The Morgan fingerprint density at radius 1 is 1.00 bits per heavy atom. The van der Waals surface area contributed by atoms with Crippen LogP contribution in [0.5, 0.6) is 17.2 Å². The summed E-state index contributed by atoms with van der Waals surface area (Å²) in [5, 5.41) is 0.470. The molecule has 0 saturated carbocycles. The van der Waals surface area contributed by atoms with E-state index in [1.165, 1.54) is 11.8 Å². The summed E-state index contributed by atoms with van der Waals surface area (Å²) in [6.45, 7) is 9.12. The summed E-state index contributed by atoms with van der Waals surface area (Å²) < 4.78 is 16.9. The van der Waals surface area contributed by atoms with E-state index in [4.69, 9.17) is 13.9 Å². The van der Waals surface area contributed by atoms with E-state index in [0.29, 0.717) is 29.1 Å². The molecule has 0 aliphatic heterocycles. The van der Waals surface area contributed by atoms with Crippen LogP contribution in [0, 0.1) is 0 Å². The minimum absolute atomic E-state index is 0.0675. The van der Waals surface area contributed by atoms with Crippen LogP contribution in [0.15, 0.2) is 57.9 Å². The van der Waals surface area contributed by atoms with Crippen molar-refractivity contribution in [2.24, 2.45) is 0 Å². The second kappa shape index (κ2) is 7.24. The molecule has 0 aliphatic carbocycles. The SMILES string of the molecule is CCCOc1ccc2c(=O)c(Oc3ccc(C(C)(C)C)cc3)coc2c1. The van der Waals surface area contributed by atoms with Crippen LogP contribution >= 0.6 is 0 Å². The molecule has 2 aromatic carbocycles. The molecule has 0 aliphatic rings. The molecule has 0 saturated heterocycles. The van der Waals surface area contributed by atoms with Crippen LogP contribution in [0.25, 0.3) is 11.0 Å². The van der Waals surface area contributed by atoms with Crippen molar-refractivity contribution < 1.29 is 13.9 Å². The highest BCUT2D eigenvalue weighted by Crippen LogP contribution is 2.27. The van der Waals surface area contributed by atoms with E-state index in [-0.39, 0.29) is 16.6 Å². The fraction of sp³-hybridized carbons (Fsp3) is 0.318. The zero-order valence-electron chi connectivity index (χ0n) is 15.7. The second-order valence-corrected chi connectivity index (χ2v) is 7.31. The topological polar surface area (TPSA) is 48.7 Å². The molecule has 0 atom stereocenters. The Labute approximate surface area is 153 Å².